The average Bonchev–Trinajstić information content (AvgIpc) is 2.55. The second-order valence-corrected chi connectivity index (χ2v) is 5.58. The summed E-state index contributed by atoms with van der Waals surface area (Å²) in [5.74, 6) is -0.675. The number of nitrogens with zero attached hydrogens (tertiary/aromatic N) is 1. The molecule has 0 aliphatic carbocycles. The fourth-order valence-electron chi connectivity index (χ4n) is 2.04. The summed E-state index contributed by atoms with van der Waals surface area (Å²) in [5.41, 5.74) is 4.74. The summed E-state index contributed by atoms with van der Waals surface area (Å²) in [7, 11) is 1.37. The van der Waals surface area contributed by atoms with Gasteiger partial charge in [-0.1, -0.05) is 13.8 Å². The van der Waals surface area contributed by atoms with Gasteiger partial charge in [0.2, 0.25) is 0 Å². The van der Waals surface area contributed by atoms with Crippen molar-refractivity contribution in [2.45, 2.75) is 46.1 Å². The smallest absolute Gasteiger partial charge is 0.305 e. The third-order valence-electron chi connectivity index (χ3n) is 3.32. The van der Waals surface area contributed by atoms with Crippen molar-refractivity contribution >= 4 is 11.9 Å². The number of aromatic nitrogens is 1. The largest absolute Gasteiger partial charge is 0.503 e. The monoisotopic (exact) mass is 356 g/mol. The molecule has 4 N–H and O–H groups in total. The number of carbonyl (C=O) groups excluding carboxylic acids is 2. The lowest BCUT2D eigenvalue weighted by Gasteiger charge is -2.16. The van der Waals surface area contributed by atoms with Gasteiger partial charge in [-0.05, 0) is 25.7 Å². The van der Waals surface area contributed by atoms with E-state index in [9.17, 15) is 14.7 Å². The molecule has 1 rings (SSSR count). The molecule has 1 heterocycles. The summed E-state index contributed by atoms with van der Waals surface area (Å²) in [6.45, 7) is 5.93. The molecule has 25 heavy (non-hydrogen) atoms. The quantitative estimate of drug-likeness (QED) is 0.603. The summed E-state index contributed by atoms with van der Waals surface area (Å²) in [4.78, 5) is 25.1. The Labute approximate surface area is 148 Å². The zero-order valence-corrected chi connectivity index (χ0v) is 15.2. The first-order chi connectivity index (χ1) is 11.8. The first-order valence-electron chi connectivity index (χ1n) is 8.08. The Morgan fingerprint density at radius 2 is 2.00 bits per heavy atom. The van der Waals surface area contributed by atoms with Crippen LogP contribution >= 0.6 is 0 Å². The molecule has 2 unspecified atom stereocenters. The van der Waals surface area contributed by atoms with Gasteiger partial charge < -0.3 is 25.4 Å². The normalized spacial score (nSPS) is 12.4. The van der Waals surface area contributed by atoms with Gasteiger partial charge in [0.25, 0.3) is 5.91 Å². The Bertz CT molecular complexity index is 550. The highest BCUT2D eigenvalue weighted by Crippen LogP contribution is 2.26. The van der Waals surface area contributed by atoms with E-state index in [0.717, 1.165) is 12.8 Å². The van der Waals surface area contributed by atoms with Crippen LogP contribution in [0.4, 0.5) is 0 Å². The van der Waals surface area contributed by atoms with E-state index in [2.05, 4.69) is 4.98 Å². The molecule has 2 atom stereocenters. The van der Waals surface area contributed by atoms with E-state index in [4.69, 9.17) is 20.3 Å². The van der Waals surface area contributed by atoms with Gasteiger partial charge in [-0.15, -0.1) is 0 Å². The van der Waals surface area contributed by atoms with Gasteiger partial charge in [-0.3, -0.25) is 9.59 Å². The maximum atomic E-state index is 10.9. The van der Waals surface area contributed by atoms with Gasteiger partial charge in [0, 0.05) is 25.3 Å². The molecule has 0 aromatic carbocycles. The molecule has 1 aromatic heterocycles. The van der Waals surface area contributed by atoms with Gasteiger partial charge in [0.1, 0.15) is 0 Å². The number of ether oxygens (including phenoxy) is 2. The minimum Gasteiger partial charge on any atom is -0.503 e. The van der Waals surface area contributed by atoms with Crippen LogP contribution in [0.3, 0.4) is 0 Å². The molecule has 0 aliphatic rings. The predicted molar refractivity (Wildman–Crippen MR) is 92.3 cm³/mol. The summed E-state index contributed by atoms with van der Waals surface area (Å²) >= 11 is 0. The van der Waals surface area contributed by atoms with Crippen LogP contribution in [-0.4, -0.2) is 46.9 Å². The maximum Gasteiger partial charge on any atom is 0.305 e. The van der Waals surface area contributed by atoms with Gasteiger partial charge in [-0.2, -0.15) is 0 Å². The first-order valence-corrected chi connectivity index (χ1v) is 8.08. The zero-order valence-electron chi connectivity index (χ0n) is 15.2. The van der Waals surface area contributed by atoms with E-state index in [0.29, 0.717) is 12.3 Å². The lowest BCUT2D eigenvalue weighted by Crippen LogP contribution is -2.17. The summed E-state index contributed by atoms with van der Waals surface area (Å²) < 4.78 is 9.83. The number of aliphatic hydroxyl groups is 1. The number of primary amides is 1. The molecule has 142 valence electrons. The Hall–Kier alpha value is -2.35. The summed E-state index contributed by atoms with van der Waals surface area (Å²) in [6.07, 6.45) is 3.33. The number of nitrogens with two attached hydrogens (primary N) is 1. The van der Waals surface area contributed by atoms with Crippen molar-refractivity contribution in [2.24, 2.45) is 11.7 Å². The Kier molecular flexibility index (Phi) is 10.9. The molecule has 1 amide bonds. The van der Waals surface area contributed by atoms with E-state index in [1.807, 2.05) is 13.8 Å². The van der Waals surface area contributed by atoms with Crippen LogP contribution in [0.15, 0.2) is 12.3 Å². The van der Waals surface area contributed by atoms with Crippen LogP contribution in [0.1, 0.15) is 50.5 Å². The molecule has 0 saturated heterocycles. The van der Waals surface area contributed by atoms with Gasteiger partial charge in [-0.25, -0.2) is 4.98 Å². The Morgan fingerprint density at radius 3 is 2.48 bits per heavy atom. The van der Waals surface area contributed by atoms with Crippen LogP contribution < -0.4 is 10.5 Å². The predicted octanol–water partition coefficient (Wildman–Crippen LogP) is 1.63. The molecule has 1 aromatic rings. The number of aromatic hydroxyl groups is 1. The number of hydrogen-bond donors (Lipinski definition) is 3. The third kappa shape index (κ3) is 8.90. The van der Waals surface area contributed by atoms with E-state index < -0.39 is 5.91 Å². The van der Waals surface area contributed by atoms with Crippen LogP contribution in [0.5, 0.6) is 11.5 Å². The maximum absolute atomic E-state index is 10.9. The van der Waals surface area contributed by atoms with E-state index in [1.54, 1.807) is 6.92 Å². The van der Waals surface area contributed by atoms with Crippen LogP contribution in [-0.2, 0) is 9.53 Å². The fourth-order valence-corrected chi connectivity index (χ4v) is 2.04. The van der Waals surface area contributed by atoms with Gasteiger partial charge in [0.05, 0.1) is 13.2 Å². The van der Waals surface area contributed by atoms with Gasteiger partial charge in [0.15, 0.2) is 17.2 Å². The first kappa shape index (κ1) is 22.6. The molecular weight excluding hydrogens is 328 g/mol. The third-order valence-corrected chi connectivity index (χ3v) is 3.32. The van der Waals surface area contributed by atoms with Crippen LogP contribution in [0, 0.1) is 5.92 Å². The van der Waals surface area contributed by atoms with Crippen LogP contribution in [0.2, 0.25) is 0 Å². The molecular formula is C17H28N2O6. The molecule has 0 radical (unpaired) electrons. The second kappa shape index (κ2) is 12.1. The fraction of sp³-hybridized carbons (Fsp3) is 0.588. The SMILES string of the molecule is CCC(=O)OC(C)CC(C)CCO.COc1ccnc(C(N)=O)c1O. The lowest BCUT2D eigenvalue weighted by molar-refractivity contribution is -0.148. The van der Waals surface area contributed by atoms with Gasteiger partial charge >= 0.3 is 5.97 Å². The number of hydrogen-bond acceptors (Lipinski definition) is 7. The molecule has 0 fully saturated rings. The molecule has 0 bridgehead atoms. The number of pyridine rings is 1. The van der Waals surface area contributed by atoms with E-state index in [1.165, 1.54) is 19.4 Å². The number of esters is 1. The zero-order chi connectivity index (χ0) is 19.4. The molecule has 8 heteroatoms. The van der Waals surface area contributed by atoms with Crippen molar-refractivity contribution in [3.63, 3.8) is 0 Å². The minimum absolute atomic E-state index is 0.0333. The van der Waals surface area contributed by atoms with Crippen molar-refractivity contribution in [1.29, 1.82) is 0 Å². The highest BCUT2D eigenvalue weighted by atomic mass is 16.5. The Morgan fingerprint density at radius 1 is 1.36 bits per heavy atom. The number of amides is 1. The number of methoxy groups -OCH3 is 1. The number of aliphatic hydroxyl groups excluding tert-OH is 1. The molecule has 0 aliphatic heterocycles. The molecule has 8 nitrogen and oxygen atoms in total. The summed E-state index contributed by atoms with van der Waals surface area (Å²) in [5, 5.41) is 17.9. The molecule has 0 saturated carbocycles. The average molecular weight is 356 g/mol. The Balaban J connectivity index is 0.000000462. The minimum atomic E-state index is -0.786. The van der Waals surface area contributed by atoms with Crippen molar-refractivity contribution in [2.75, 3.05) is 13.7 Å². The van der Waals surface area contributed by atoms with Crippen molar-refractivity contribution in [3.05, 3.63) is 18.0 Å². The summed E-state index contributed by atoms with van der Waals surface area (Å²) in [6, 6.07) is 1.43. The van der Waals surface area contributed by atoms with Crippen molar-refractivity contribution < 1.29 is 29.3 Å². The van der Waals surface area contributed by atoms with E-state index >= 15 is 0 Å². The highest BCUT2D eigenvalue weighted by Gasteiger charge is 2.13. The topological polar surface area (TPSA) is 132 Å². The standard InChI is InChI=1S/C10H20O3.C7H8N2O3/c1-4-10(12)13-9(3)7-8(2)5-6-11;1-12-4-2-3-9-5(6(4)10)7(8)11/h8-9,11H,4-7H2,1-3H3;2-3,10H,1H3,(H2,8,11). The second-order valence-electron chi connectivity index (χ2n) is 5.58. The van der Waals surface area contributed by atoms with Crippen LogP contribution in [0.25, 0.3) is 0 Å². The highest BCUT2D eigenvalue weighted by molar-refractivity contribution is 5.94. The number of rotatable bonds is 8. The number of carbonyl (C=O) groups is 2. The lowest BCUT2D eigenvalue weighted by atomic mass is 10.0. The van der Waals surface area contributed by atoms with E-state index in [-0.39, 0.29) is 35.9 Å². The van der Waals surface area contributed by atoms with Crippen molar-refractivity contribution in [1.82, 2.24) is 4.98 Å². The van der Waals surface area contributed by atoms with Crippen molar-refractivity contribution in [3.8, 4) is 11.5 Å². The molecule has 0 spiro atoms.